The highest BCUT2D eigenvalue weighted by Crippen LogP contribution is 2.44. The van der Waals surface area contributed by atoms with Crippen molar-refractivity contribution in [3.63, 3.8) is 0 Å². The molecule has 3 unspecified atom stereocenters. The van der Waals surface area contributed by atoms with E-state index in [-0.39, 0.29) is 18.4 Å². The van der Waals surface area contributed by atoms with Gasteiger partial charge in [-0.25, -0.2) is 9.97 Å². The number of fused-ring (bicyclic) bond motifs is 2. The first-order valence-corrected chi connectivity index (χ1v) is 11.9. The molecule has 172 valence electrons. The van der Waals surface area contributed by atoms with E-state index < -0.39 is 12.1 Å². The van der Waals surface area contributed by atoms with Gasteiger partial charge in [0, 0.05) is 17.5 Å². The fourth-order valence-electron chi connectivity index (χ4n) is 4.93. The predicted octanol–water partition coefficient (Wildman–Crippen LogP) is 3.91. The lowest BCUT2D eigenvalue weighted by molar-refractivity contribution is -0.00538. The van der Waals surface area contributed by atoms with Crippen LogP contribution < -0.4 is 5.73 Å². The van der Waals surface area contributed by atoms with E-state index in [1.807, 2.05) is 48.5 Å². The van der Waals surface area contributed by atoms with Gasteiger partial charge in [0.25, 0.3) is 5.91 Å². The molecule has 0 aliphatic carbocycles. The Morgan fingerprint density at radius 1 is 1.17 bits per heavy atom. The summed E-state index contributed by atoms with van der Waals surface area (Å²) in [6, 6.07) is 18.6. The summed E-state index contributed by atoms with van der Waals surface area (Å²) < 4.78 is 0. The van der Waals surface area contributed by atoms with Crippen LogP contribution in [-0.2, 0) is 0 Å². The molecule has 3 atom stereocenters. The van der Waals surface area contributed by atoms with E-state index in [0.717, 1.165) is 33.1 Å². The van der Waals surface area contributed by atoms with Crippen molar-refractivity contribution in [3.05, 3.63) is 77.6 Å². The third-order valence-electron chi connectivity index (χ3n) is 6.71. The van der Waals surface area contributed by atoms with E-state index in [1.165, 1.54) is 16.2 Å². The van der Waals surface area contributed by atoms with Gasteiger partial charge in [-0.2, -0.15) is 5.26 Å². The summed E-state index contributed by atoms with van der Waals surface area (Å²) >= 11 is 1.21. The van der Waals surface area contributed by atoms with Gasteiger partial charge >= 0.3 is 0 Å². The predicted molar refractivity (Wildman–Crippen MR) is 135 cm³/mol. The average molecular weight is 481 g/mol. The lowest BCUT2D eigenvalue weighted by Crippen LogP contribution is -2.65. The number of benzene rings is 2. The second-order valence-corrected chi connectivity index (χ2v) is 9.52. The van der Waals surface area contributed by atoms with Crippen LogP contribution in [0.3, 0.4) is 0 Å². The van der Waals surface area contributed by atoms with Crippen LogP contribution in [0.1, 0.15) is 21.2 Å². The molecule has 4 heterocycles. The minimum Gasteiger partial charge on any atom is -0.397 e. The number of aromatic nitrogens is 3. The van der Waals surface area contributed by atoms with Crippen LogP contribution >= 0.6 is 11.3 Å². The van der Waals surface area contributed by atoms with Crippen LogP contribution in [-0.4, -0.2) is 49.6 Å². The van der Waals surface area contributed by atoms with Crippen molar-refractivity contribution in [1.29, 1.82) is 5.26 Å². The number of aliphatic hydroxyl groups is 1. The number of hydrogen-bond acceptors (Lipinski definition) is 7. The van der Waals surface area contributed by atoms with Gasteiger partial charge in [0.1, 0.15) is 15.7 Å². The number of carbonyl (C=O) groups is 1. The third-order valence-corrected chi connectivity index (χ3v) is 7.83. The Morgan fingerprint density at radius 2 is 1.97 bits per heavy atom. The van der Waals surface area contributed by atoms with E-state index in [1.54, 1.807) is 18.6 Å². The van der Waals surface area contributed by atoms with Crippen molar-refractivity contribution in [2.24, 2.45) is 0 Å². The summed E-state index contributed by atoms with van der Waals surface area (Å²) in [6.45, 7) is -0.254. The molecular weight excluding hydrogens is 460 g/mol. The van der Waals surface area contributed by atoms with E-state index >= 15 is 0 Å². The zero-order valence-electron chi connectivity index (χ0n) is 18.4. The maximum atomic E-state index is 13.4. The summed E-state index contributed by atoms with van der Waals surface area (Å²) in [4.78, 5) is 27.5. The maximum Gasteiger partial charge on any atom is 0.267 e. The number of nitrogen functional groups attached to an aromatic ring is 1. The smallest absolute Gasteiger partial charge is 0.267 e. The van der Waals surface area contributed by atoms with E-state index in [4.69, 9.17) is 5.73 Å². The molecule has 4 N–H and O–H groups in total. The number of nitrogens with two attached hydrogens (primary N) is 1. The van der Waals surface area contributed by atoms with Crippen molar-refractivity contribution >= 4 is 44.2 Å². The number of H-pyrrole nitrogens is 1. The summed E-state index contributed by atoms with van der Waals surface area (Å²) in [5.41, 5.74) is 11.4. The van der Waals surface area contributed by atoms with Crippen molar-refractivity contribution < 1.29 is 9.90 Å². The molecule has 1 fully saturated rings. The van der Waals surface area contributed by atoms with Gasteiger partial charge in [-0.15, -0.1) is 11.3 Å². The minimum atomic E-state index is -0.704. The zero-order chi connectivity index (χ0) is 24.1. The Kier molecular flexibility index (Phi) is 4.99. The largest absolute Gasteiger partial charge is 0.397 e. The third kappa shape index (κ3) is 3.26. The number of hydrogen-bond donors (Lipinski definition) is 3. The van der Waals surface area contributed by atoms with Gasteiger partial charge < -0.3 is 20.7 Å². The quantitative estimate of drug-likeness (QED) is 0.357. The molecular formula is C26H20N6O2S. The number of nitriles is 1. The Hall–Kier alpha value is -4.26. The van der Waals surface area contributed by atoms with E-state index in [9.17, 15) is 15.2 Å². The molecule has 6 rings (SSSR count). The molecule has 0 spiro atoms. The molecule has 1 aliphatic rings. The number of pyridine rings is 1. The van der Waals surface area contributed by atoms with Crippen molar-refractivity contribution in [2.45, 2.75) is 18.0 Å². The number of aromatic amines is 1. The average Bonchev–Trinajstić information content (AvgIpc) is 3.48. The van der Waals surface area contributed by atoms with Crippen LogP contribution in [0.2, 0.25) is 0 Å². The number of likely N-dealkylation sites (tertiary alicyclic amines) is 1. The highest BCUT2D eigenvalue weighted by Gasteiger charge is 2.52. The highest BCUT2D eigenvalue weighted by molar-refractivity contribution is 7.21. The second kappa shape index (κ2) is 8.20. The first-order valence-electron chi connectivity index (χ1n) is 11.1. The molecule has 5 aromatic rings. The van der Waals surface area contributed by atoms with Gasteiger partial charge in [-0.05, 0) is 41.0 Å². The number of rotatable bonds is 4. The highest BCUT2D eigenvalue weighted by atomic mass is 32.1. The van der Waals surface area contributed by atoms with E-state index in [0.29, 0.717) is 15.4 Å². The standard InChI is InChI=1S/C26H20N6O2S/c27-11-20-22(15-5-3-14(4-6-15)16-7-8-18-19(10-16)31-13-30-18)21(12-33)32(20)26(34)24-23(28)17-2-1-9-29-25(17)35-24/h1-10,13,20-22,33H,12,28H2,(H,30,31). The lowest BCUT2D eigenvalue weighted by atomic mass is 9.75. The Balaban J connectivity index is 1.29. The Morgan fingerprint density at radius 3 is 2.71 bits per heavy atom. The summed E-state index contributed by atoms with van der Waals surface area (Å²) in [6.07, 6.45) is 3.32. The lowest BCUT2D eigenvalue weighted by Gasteiger charge is -2.51. The van der Waals surface area contributed by atoms with Crippen LogP contribution in [0.4, 0.5) is 5.69 Å². The number of carbonyl (C=O) groups excluding carboxylic acids is 1. The number of thiophene rings is 1. The molecule has 1 saturated heterocycles. The monoisotopic (exact) mass is 480 g/mol. The fraction of sp³-hybridized carbons (Fsp3) is 0.154. The zero-order valence-corrected chi connectivity index (χ0v) is 19.2. The molecule has 35 heavy (non-hydrogen) atoms. The van der Waals surface area contributed by atoms with Gasteiger partial charge in [0.15, 0.2) is 0 Å². The summed E-state index contributed by atoms with van der Waals surface area (Å²) in [7, 11) is 0. The number of nitrogens with one attached hydrogen (secondary N) is 1. The molecule has 3 aromatic heterocycles. The molecule has 2 aromatic carbocycles. The summed E-state index contributed by atoms with van der Waals surface area (Å²) in [5, 5.41) is 20.8. The summed E-state index contributed by atoms with van der Waals surface area (Å²) in [5.74, 6) is -0.649. The number of aliphatic hydroxyl groups excluding tert-OH is 1. The normalized spacial score (nSPS) is 19.5. The van der Waals surface area contributed by atoms with Gasteiger partial charge in [-0.3, -0.25) is 4.79 Å². The fourth-order valence-corrected chi connectivity index (χ4v) is 5.93. The molecule has 1 aliphatic heterocycles. The van der Waals surface area contributed by atoms with Crippen molar-refractivity contribution in [3.8, 4) is 17.2 Å². The van der Waals surface area contributed by atoms with Gasteiger partial charge in [0.05, 0.1) is 41.8 Å². The van der Waals surface area contributed by atoms with Crippen LogP contribution in [0.15, 0.2) is 67.1 Å². The maximum absolute atomic E-state index is 13.4. The Bertz CT molecular complexity index is 1620. The first-order chi connectivity index (χ1) is 17.1. The minimum absolute atomic E-state index is 0.254. The number of amides is 1. The molecule has 1 amide bonds. The first kappa shape index (κ1) is 21.3. The molecule has 0 radical (unpaired) electrons. The van der Waals surface area contributed by atoms with Gasteiger partial charge in [-0.1, -0.05) is 30.3 Å². The van der Waals surface area contributed by atoms with Crippen molar-refractivity contribution in [2.75, 3.05) is 12.3 Å². The van der Waals surface area contributed by atoms with Crippen LogP contribution in [0.25, 0.3) is 32.4 Å². The molecule has 0 bridgehead atoms. The molecule has 0 saturated carbocycles. The second-order valence-electron chi connectivity index (χ2n) is 8.52. The van der Waals surface area contributed by atoms with Crippen LogP contribution in [0.5, 0.6) is 0 Å². The van der Waals surface area contributed by atoms with Crippen LogP contribution in [0, 0.1) is 11.3 Å². The van der Waals surface area contributed by atoms with Crippen molar-refractivity contribution in [1.82, 2.24) is 19.9 Å². The number of anilines is 1. The molecule has 9 heteroatoms. The number of imidazole rings is 1. The SMILES string of the molecule is N#CC1C(c2ccc(-c3ccc4nc[nH]c4c3)cc2)C(CO)N1C(=O)c1sc2ncccc2c1N. The Labute approximate surface area is 204 Å². The molecule has 8 nitrogen and oxygen atoms in total. The van der Waals surface area contributed by atoms with E-state index in [2.05, 4.69) is 21.0 Å². The van der Waals surface area contributed by atoms with Gasteiger partial charge in [0.2, 0.25) is 0 Å². The topological polar surface area (TPSA) is 132 Å². The number of nitrogens with zero attached hydrogens (tertiary/aromatic N) is 4.